The molecule has 1 saturated heterocycles. The zero-order chi connectivity index (χ0) is 18.4. The number of hydrogen-bond donors (Lipinski definition) is 0. The number of carbonyl (C=O) groups excluding carboxylic acids is 3. The Hall–Kier alpha value is -3.24. The smallest absolute Gasteiger partial charge is 0.372 e. The molecule has 26 heavy (non-hydrogen) atoms. The lowest BCUT2D eigenvalue weighted by molar-refractivity contribution is 0.0502. The summed E-state index contributed by atoms with van der Waals surface area (Å²) in [4.78, 5) is 40.7. The summed E-state index contributed by atoms with van der Waals surface area (Å²) >= 11 is 0. The van der Waals surface area contributed by atoms with Crippen LogP contribution in [-0.4, -0.2) is 36.1 Å². The molecule has 0 radical (unpaired) electrons. The molecular formula is C20H18N2O4. The maximum absolute atomic E-state index is 12.3. The maximum Gasteiger partial charge on any atom is 0.417 e. The number of benzene rings is 2. The van der Waals surface area contributed by atoms with Gasteiger partial charge in [-0.3, -0.25) is 0 Å². The number of ether oxygens (including phenoxy) is 1. The molecule has 0 spiro atoms. The number of esters is 1. The molecule has 1 amide bonds. The Balaban J connectivity index is 1.66. The van der Waals surface area contributed by atoms with E-state index >= 15 is 0 Å². The van der Waals surface area contributed by atoms with E-state index in [1.165, 1.54) is 4.90 Å². The molecule has 0 saturated carbocycles. The summed E-state index contributed by atoms with van der Waals surface area (Å²) in [7, 11) is 0. The predicted octanol–water partition coefficient (Wildman–Crippen LogP) is 3.29. The summed E-state index contributed by atoms with van der Waals surface area (Å²) in [5.74, 6) is -0.679. The van der Waals surface area contributed by atoms with Crippen LogP contribution in [0.2, 0.25) is 0 Å². The number of likely N-dealkylation sites (tertiary alicyclic amines) is 1. The average molecular weight is 350 g/mol. The molecule has 1 heterocycles. The number of isocyanates is 1. The predicted molar refractivity (Wildman–Crippen MR) is 94.3 cm³/mol. The van der Waals surface area contributed by atoms with Gasteiger partial charge in [-0.05, 0) is 30.5 Å². The number of piperidine rings is 1. The lowest BCUT2D eigenvalue weighted by Crippen LogP contribution is -2.45. The summed E-state index contributed by atoms with van der Waals surface area (Å²) in [5, 5.41) is 0. The quantitative estimate of drug-likeness (QED) is 0.368. The van der Waals surface area contributed by atoms with Gasteiger partial charge in [0.2, 0.25) is 6.08 Å². The lowest BCUT2D eigenvalue weighted by Gasteiger charge is -2.37. The Morgan fingerprint density at radius 2 is 1.54 bits per heavy atom. The van der Waals surface area contributed by atoms with Crippen molar-refractivity contribution in [3.05, 3.63) is 71.8 Å². The molecule has 0 atom stereocenters. The fraction of sp³-hybridized carbons (Fsp3) is 0.250. The van der Waals surface area contributed by atoms with Crippen LogP contribution in [0.1, 0.15) is 28.8 Å². The molecule has 0 aromatic heterocycles. The highest BCUT2D eigenvalue weighted by atomic mass is 16.6. The molecule has 0 unspecified atom stereocenters. The SMILES string of the molecule is O=C=NC1(c2ccccc2)CCN(C(=O)OC(=O)c2ccccc2)CC1. The number of amides is 1. The summed E-state index contributed by atoms with van der Waals surface area (Å²) in [6.45, 7) is 0.669. The Labute approximate surface area is 151 Å². The van der Waals surface area contributed by atoms with E-state index in [1.807, 2.05) is 30.3 Å². The summed E-state index contributed by atoms with van der Waals surface area (Å²) in [6, 6.07) is 17.8. The van der Waals surface area contributed by atoms with Gasteiger partial charge in [-0.25, -0.2) is 14.4 Å². The molecule has 6 nitrogen and oxygen atoms in total. The Morgan fingerprint density at radius 1 is 0.962 bits per heavy atom. The van der Waals surface area contributed by atoms with E-state index in [0.717, 1.165) is 5.56 Å². The first kappa shape index (κ1) is 17.6. The van der Waals surface area contributed by atoms with Gasteiger partial charge >= 0.3 is 12.1 Å². The molecule has 1 aliphatic heterocycles. The van der Waals surface area contributed by atoms with Crippen molar-refractivity contribution >= 4 is 18.1 Å². The first-order chi connectivity index (χ1) is 12.6. The zero-order valence-corrected chi connectivity index (χ0v) is 14.1. The van der Waals surface area contributed by atoms with Crippen molar-refractivity contribution in [3.8, 4) is 0 Å². The van der Waals surface area contributed by atoms with Crippen molar-refractivity contribution in [3.63, 3.8) is 0 Å². The van der Waals surface area contributed by atoms with Crippen LogP contribution in [-0.2, 0) is 15.1 Å². The minimum Gasteiger partial charge on any atom is -0.372 e. The number of rotatable bonds is 3. The molecule has 0 aliphatic carbocycles. The second-order valence-electron chi connectivity index (χ2n) is 6.11. The van der Waals surface area contributed by atoms with E-state index in [2.05, 4.69) is 4.99 Å². The maximum atomic E-state index is 12.3. The van der Waals surface area contributed by atoms with Crippen LogP contribution in [0.4, 0.5) is 4.79 Å². The molecule has 1 aliphatic rings. The van der Waals surface area contributed by atoms with Crippen molar-refractivity contribution in [1.29, 1.82) is 0 Å². The van der Waals surface area contributed by atoms with Crippen molar-refractivity contribution in [1.82, 2.24) is 4.90 Å². The number of hydrogen-bond acceptors (Lipinski definition) is 5. The molecule has 1 fully saturated rings. The summed E-state index contributed by atoms with van der Waals surface area (Å²) in [6.07, 6.45) is 1.89. The van der Waals surface area contributed by atoms with Gasteiger partial charge in [0, 0.05) is 13.1 Å². The number of nitrogens with zero attached hydrogens (tertiary/aromatic N) is 2. The van der Waals surface area contributed by atoms with Gasteiger partial charge in [0.25, 0.3) is 0 Å². The van der Waals surface area contributed by atoms with E-state index in [4.69, 9.17) is 4.74 Å². The minimum atomic E-state index is -0.691. The van der Waals surface area contributed by atoms with Crippen LogP contribution in [0.15, 0.2) is 65.7 Å². The number of carbonyl (C=O) groups is 2. The van der Waals surface area contributed by atoms with E-state index in [0.29, 0.717) is 31.5 Å². The highest BCUT2D eigenvalue weighted by Gasteiger charge is 2.38. The van der Waals surface area contributed by atoms with Gasteiger partial charge in [0.15, 0.2) is 0 Å². The van der Waals surface area contributed by atoms with Gasteiger partial charge in [-0.2, -0.15) is 4.99 Å². The van der Waals surface area contributed by atoms with Crippen LogP contribution in [0, 0.1) is 0 Å². The zero-order valence-electron chi connectivity index (χ0n) is 14.1. The van der Waals surface area contributed by atoms with Crippen LogP contribution in [0.5, 0.6) is 0 Å². The van der Waals surface area contributed by atoms with E-state index in [-0.39, 0.29) is 0 Å². The summed E-state index contributed by atoms with van der Waals surface area (Å²) < 4.78 is 4.95. The molecule has 3 rings (SSSR count). The van der Waals surface area contributed by atoms with Crippen LogP contribution < -0.4 is 0 Å². The van der Waals surface area contributed by atoms with Crippen molar-refractivity contribution in [2.24, 2.45) is 4.99 Å². The first-order valence-corrected chi connectivity index (χ1v) is 8.35. The third-order valence-electron chi connectivity index (χ3n) is 4.61. The molecule has 2 aromatic rings. The largest absolute Gasteiger partial charge is 0.417 e. The van der Waals surface area contributed by atoms with Crippen LogP contribution >= 0.6 is 0 Å². The molecular weight excluding hydrogens is 332 g/mol. The fourth-order valence-electron chi connectivity index (χ4n) is 3.14. The van der Waals surface area contributed by atoms with Gasteiger partial charge in [0.05, 0.1) is 5.56 Å². The van der Waals surface area contributed by atoms with Gasteiger partial charge in [-0.15, -0.1) is 0 Å². The van der Waals surface area contributed by atoms with Gasteiger partial charge in [0.1, 0.15) is 5.54 Å². The van der Waals surface area contributed by atoms with E-state index in [9.17, 15) is 14.4 Å². The number of aliphatic imine (C=N–C) groups is 1. The molecule has 2 aromatic carbocycles. The Morgan fingerprint density at radius 3 is 2.12 bits per heavy atom. The molecule has 0 bridgehead atoms. The van der Waals surface area contributed by atoms with Crippen LogP contribution in [0.25, 0.3) is 0 Å². The van der Waals surface area contributed by atoms with Gasteiger partial charge in [-0.1, -0.05) is 48.5 Å². The molecule has 0 N–H and O–H groups in total. The van der Waals surface area contributed by atoms with Crippen molar-refractivity contribution < 1.29 is 19.1 Å². The van der Waals surface area contributed by atoms with E-state index < -0.39 is 17.6 Å². The highest BCUT2D eigenvalue weighted by Crippen LogP contribution is 2.36. The molecule has 132 valence electrons. The Kier molecular flexibility index (Phi) is 5.25. The van der Waals surface area contributed by atoms with Crippen LogP contribution in [0.3, 0.4) is 0 Å². The fourth-order valence-corrected chi connectivity index (χ4v) is 3.14. The second kappa shape index (κ2) is 7.76. The Bertz CT molecular complexity index is 821. The normalized spacial score (nSPS) is 15.6. The third-order valence-corrected chi connectivity index (χ3v) is 4.61. The topological polar surface area (TPSA) is 76.0 Å². The lowest BCUT2D eigenvalue weighted by atomic mass is 9.81. The first-order valence-electron chi connectivity index (χ1n) is 8.35. The van der Waals surface area contributed by atoms with Crippen molar-refractivity contribution in [2.75, 3.05) is 13.1 Å². The third kappa shape index (κ3) is 3.71. The standard InChI is InChI=1S/C20H18N2O4/c23-15-21-20(17-9-5-2-6-10-17)11-13-22(14-12-20)19(25)26-18(24)16-7-3-1-4-8-16/h1-10H,11-14H2. The second-order valence-corrected chi connectivity index (χ2v) is 6.11. The minimum absolute atomic E-state index is 0.321. The molecule has 6 heteroatoms. The summed E-state index contributed by atoms with van der Waals surface area (Å²) in [5.41, 5.74) is 0.544. The van der Waals surface area contributed by atoms with E-state index in [1.54, 1.807) is 36.4 Å². The average Bonchev–Trinajstić information content (AvgIpc) is 2.70. The monoisotopic (exact) mass is 350 g/mol. The van der Waals surface area contributed by atoms with Gasteiger partial charge < -0.3 is 9.64 Å². The highest BCUT2D eigenvalue weighted by molar-refractivity contribution is 5.96. The van der Waals surface area contributed by atoms with Crippen molar-refractivity contribution in [2.45, 2.75) is 18.4 Å².